The van der Waals surface area contributed by atoms with Crippen molar-refractivity contribution in [1.82, 2.24) is 9.97 Å². The molecule has 3 heterocycles. The van der Waals surface area contributed by atoms with Gasteiger partial charge in [0.15, 0.2) is 5.82 Å². The maximum Gasteiger partial charge on any atom is 0.158 e. The Morgan fingerprint density at radius 3 is 2.82 bits per heavy atom. The summed E-state index contributed by atoms with van der Waals surface area (Å²) in [7, 11) is 0. The third-order valence-electron chi connectivity index (χ3n) is 4.87. The lowest BCUT2D eigenvalue weighted by molar-refractivity contribution is 0.575. The summed E-state index contributed by atoms with van der Waals surface area (Å²) in [5.41, 5.74) is 5.50. The number of nitrogens with zero attached hydrogens (tertiary/aromatic N) is 3. The molecule has 1 aromatic carbocycles. The van der Waals surface area contributed by atoms with E-state index >= 15 is 0 Å². The molecule has 0 saturated heterocycles. The molecule has 140 valence electrons. The van der Waals surface area contributed by atoms with E-state index in [1.165, 1.54) is 23.3 Å². The Morgan fingerprint density at radius 1 is 1.07 bits per heavy atom. The molecule has 3 aromatic heterocycles. The van der Waals surface area contributed by atoms with Gasteiger partial charge in [-0.3, -0.25) is 5.43 Å². The van der Waals surface area contributed by atoms with E-state index in [9.17, 15) is 0 Å². The average molecular weight is 453 g/mol. The first-order chi connectivity index (χ1) is 13.8. The molecule has 0 aliphatic heterocycles. The van der Waals surface area contributed by atoms with Crippen LogP contribution in [0.25, 0.3) is 21.5 Å². The predicted molar refractivity (Wildman–Crippen MR) is 117 cm³/mol. The number of nitrogens with one attached hydrogen (secondary N) is 1. The van der Waals surface area contributed by atoms with Crippen LogP contribution >= 0.6 is 27.3 Å². The lowest BCUT2D eigenvalue weighted by Gasteiger charge is -2.11. The molecule has 0 radical (unpaired) electrons. The summed E-state index contributed by atoms with van der Waals surface area (Å²) in [6.07, 6.45) is 7.99. The maximum atomic E-state index is 5.88. The zero-order valence-electron chi connectivity index (χ0n) is 15.0. The molecule has 0 bridgehead atoms. The van der Waals surface area contributed by atoms with Gasteiger partial charge in [0.2, 0.25) is 0 Å². The molecule has 1 N–H and O–H groups in total. The van der Waals surface area contributed by atoms with Crippen LogP contribution in [0, 0.1) is 0 Å². The molecule has 0 saturated carbocycles. The summed E-state index contributed by atoms with van der Waals surface area (Å²) in [4.78, 5) is 11.3. The number of hydrogen-bond acceptors (Lipinski definition) is 6. The van der Waals surface area contributed by atoms with Crippen LogP contribution in [0.2, 0.25) is 0 Å². The Morgan fingerprint density at radius 2 is 1.93 bits per heavy atom. The minimum absolute atomic E-state index is 0.683. The van der Waals surface area contributed by atoms with E-state index in [-0.39, 0.29) is 0 Å². The number of aromatic nitrogens is 2. The zero-order chi connectivity index (χ0) is 18.9. The van der Waals surface area contributed by atoms with Crippen molar-refractivity contribution >= 4 is 49.5 Å². The second-order valence-electron chi connectivity index (χ2n) is 6.69. The lowest BCUT2D eigenvalue weighted by atomic mass is 9.97. The number of benzene rings is 1. The lowest BCUT2D eigenvalue weighted by Crippen LogP contribution is -2.00. The molecule has 4 aromatic rings. The molecule has 5 nitrogen and oxygen atoms in total. The number of furan rings is 1. The van der Waals surface area contributed by atoms with E-state index in [0.717, 1.165) is 44.7 Å². The van der Waals surface area contributed by atoms with Gasteiger partial charge in [-0.05, 0) is 55.5 Å². The molecular formula is C21H17BrN4OS. The van der Waals surface area contributed by atoms with Crippen LogP contribution in [0.1, 0.15) is 29.0 Å². The number of anilines is 1. The predicted octanol–water partition coefficient (Wildman–Crippen LogP) is 6.04. The highest BCUT2D eigenvalue weighted by molar-refractivity contribution is 9.10. The minimum Gasteiger partial charge on any atom is -0.455 e. The van der Waals surface area contributed by atoms with Crippen LogP contribution < -0.4 is 5.43 Å². The fourth-order valence-electron chi connectivity index (χ4n) is 3.52. The minimum atomic E-state index is 0.683. The van der Waals surface area contributed by atoms with Gasteiger partial charge < -0.3 is 4.42 Å². The highest BCUT2D eigenvalue weighted by Gasteiger charge is 2.19. The van der Waals surface area contributed by atoms with Gasteiger partial charge in [-0.1, -0.05) is 28.1 Å². The van der Waals surface area contributed by atoms with E-state index in [2.05, 4.69) is 36.4 Å². The number of hydrazone groups is 1. The van der Waals surface area contributed by atoms with Crippen molar-refractivity contribution in [2.75, 3.05) is 5.43 Å². The topological polar surface area (TPSA) is 63.3 Å². The van der Waals surface area contributed by atoms with Crippen LogP contribution in [-0.2, 0) is 12.8 Å². The van der Waals surface area contributed by atoms with Gasteiger partial charge >= 0.3 is 0 Å². The molecule has 5 rings (SSSR count). The second-order valence-corrected chi connectivity index (χ2v) is 8.69. The highest BCUT2D eigenvalue weighted by Crippen LogP contribution is 2.38. The Balaban J connectivity index is 1.37. The van der Waals surface area contributed by atoms with E-state index in [4.69, 9.17) is 4.42 Å². The Labute approximate surface area is 174 Å². The van der Waals surface area contributed by atoms with Crippen molar-refractivity contribution < 1.29 is 4.42 Å². The number of halogens is 1. The molecule has 0 unspecified atom stereocenters. The maximum absolute atomic E-state index is 5.88. The van der Waals surface area contributed by atoms with Crippen molar-refractivity contribution in [2.45, 2.75) is 25.7 Å². The van der Waals surface area contributed by atoms with E-state index in [0.29, 0.717) is 5.76 Å². The second kappa shape index (κ2) is 7.48. The van der Waals surface area contributed by atoms with Crippen molar-refractivity contribution in [3.05, 3.63) is 63.4 Å². The van der Waals surface area contributed by atoms with Crippen LogP contribution in [0.5, 0.6) is 0 Å². The van der Waals surface area contributed by atoms with E-state index in [1.54, 1.807) is 23.9 Å². The molecule has 0 atom stereocenters. The molecule has 1 aliphatic rings. The Kier molecular flexibility index (Phi) is 4.70. The summed E-state index contributed by atoms with van der Waals surface area (Å²) in [6, 6.07) is 11.9. The fraction of sp³-hybridized carbons (Fsp3) is 0.190. The van der Waals surface area contributed by atoms with Gasteiger partial charge in [-0.15, -0.1) is 11.3 Å². The largest absolute Gasteiger partial charge is 0.455 e. The van der Waals surface area contributed by atoms with Crippen molar-refractivity contribution in [3.8, 4) is 11.3 Å². The average Bonchev–Trinajstić information content (AvgIpc) is 3.33. The SMILES string of the molecule is Brc1ccc(-c2ccc(/C=N/Nc3ncnc4sc5c(c34)CCCC5)o2)cc1. The quantitative estimate of drug-likeness (QED) is 0.302. The monoisotopic (exact) mass is 452 g/mol. The fourth-order valence-corrected chi connectivity index (χ4v) is 5.02. The molecule has 0 fully saturated rings. The molecule has 7 heteroatoms. The summed E-state index contributed by atoms with van der Waals surface area (Å²) >= 11 is 5.23. The number of fused-ring (bicyclic) bond motifs is 3. The van der Waals surface area contributed by atoms with Crippen LogP contribution in [0.4, 0.5) is 5.82 Å². The third kappa shape index (κ3) is 3.36. The van der Waals surface area contributed by atoms with Crippen LogP contribution in [0.3, 0.4) is 0 Å². The summed E-state index contributed by atoms with van der Waals surface area (Å²) in [6.45, 7) is 0. The van der Waals surface area contributed by atoms with Gasteiger partial charge in [0.05, 0.1) is 11.6 Å². The van der Waals surface area contributed by atoms with Crippen LogP contribution in [-0.4, -0.2) is 16.2 Å². The normalized spacial score (nSPS) is 13.9. The van der Waals surface area contributed by atoms with Gasteiger partial charge in [-0.2, -0.15) is 5.10 Å². The van der Waals surface area contributed by atoms with Crippen LogP contribution in [0.15, 0.2) is 56.7 Å². The first-order valence-corrected chi connectivity index (χ1v) is 10.8. The first-order valence-electron chi connectivity index (χ1n) is 9.18. The van der Waals surface area contributed by atoms with E-state index < -0.39 is 0 Å². The molecule has 1 aliphatic carbocycles. The number of hydrogen-bond donors (Lipinski definition) is 1. The number of thiophene rings is 1. The summed E-state index contributed by atoms with van der Waals surface area (Å²) < 4.78 is 6.92. The van der Waals surface area contributed by atoms with Gasteiger partial charge in [-0.25, -0.2) is 9.97 Å². The van der Waals surface area contributed by atoms with Crippen molar-refractivity contribution in [1.29, 1.82) is 0 Å². The first kappa shape index (κ1) is 17.6. The molecule has 28 heavy (non-hydrogen) atoms. The Bertz CT molecular complexity index is 1160. The smallest absolute Gasteiger partial charge is 0.158 e. The highest BCUT2D eigenvalue weighted by atomic mass is 79.9. The molecule has 0 spiro atoms. The van der Waals surface area contributed by atoms with Crippen molar-refractivity contribution in [2.24, 2.45) is 5.10 Å². The van der Waals surface area contributed by atoms with Gasteiger partial charge in [0, 0.05) is 14.9 Å². The molecular weight excluding hydrogens is 436 g/mol. The number of aryl methyl sites for hydroxylation is 2. The number of rotatable bonds is 4. The summed E-state index contributed by atoms with van der Waals surface area (Å²) in [5, 5.41) is 5.47. The zero-order valence-corrected chi connectivity index (χ0v) is 17.4. The Hall–Kier alpha value is -2.51. The summed E-state index contributed by atoms with van der Waals surface area (Å²) in [5.74, 6) is 2.26. The van der Waals surface area contributed by atoms with Crippen molar-refractivity contribution in [3.63, 3.8) is 0 Å². The van der Waals surface area contributed by atoms with Gasteiger partial charge in [0.25, 0.3) is 0 Å². The standard InChI is InChI=1S/C21H17BrN4OS/c22-14-7-5-13(6-8-14)17-10-9-15(27-17)11-25-26-20-19-16-3-1-2-4-18(16)28-21(19)24-12-23-20/h5-12H,1-4H2,(H,23,24,26)/b25-11+. The van der Waals surface area contributed by atoms with E-state index in [1.807, 2.05) is 36.4 Å². The molecule has 0 amide bonds. The van der Waals surface area contributed by atoms with Gasteiger partial charge in [0.1, 0.15) is 22.7 Å². The third-order valence-corrected chi connectivity index (χ3v) is 6.60.